The molecule has 2 heterocycles. The summed E-state index contributed by atoms with van der Waals surface area (Å²) < 4.78 is 42.8. The van der Waals surface area contributed by atoms with E-state index in [0.717, 1.165) is 6.20 Å². The van der Waals surface area contributed by atoms with E-state index < -0.39 is 24.7 Å². The Bertz CT molecular complexity index is 492. The van der Waals surface area contributed by atoms with Gasteiger partial charge < -0.3 is 14.0 Å². The summed E-state index contributed by atoms with van der Waals surface area (Å²) in [6.07, 6.45) is -0.134. The predicted molar refractivity (Wildman–Crippen MR) is 71.5 cm³/mol. The Morgan fingerprint density at radius 2 is 1.70 bits per heavy atom. The Morgan fingerprint density at radius 1 is 1.15 bits per heavy atom. The van der Waals surface area contributed by atoms with E-state index in [2.05, 4.69) is 4.98 Å². The van der Waals surface area contributed by atoms with Crippen molar-refractivity contribution < 1.29 is 22.8 Å². The molecule has 2 rings (SSSR count). The number of ether oxygens (including phenoxy) is 1. The summed E-state index contributed by atoms with van der Waals surface area (Å²) in [4.78, 5) is 3.83. The maximum Gasteiger partial charge on any atom is 0.500 e. The summed E-state index contributed by atoms with van der Waals surface area (Å²) in [5.41, 5.74) is -0.990. The molecular formula is C13H18BF2NO3. The van der Waals surface area contributed by atoms with Crippen molar-refractivity contribution >= 4 is 12.6 Å². The van der Waals surface area contributed by atoms with Crippen LogP contribution in [-0.4, -0.2) is 30.4 Å². The highest BCUT2D eigenvalue weighted by Crippen LogP contribution is 2.38. The molecule has 0 atom stereocenters. The Hall–Kier alpha value is -1.21. The number of alkyl halides is 2. The number of rotatable bonds is 3. The van der Waals surface area contributed by atoms with E-state index in [9.17, 15) is 8.78 Å². The molecule has 1 aliphatic heterocycles. The smallest absolute Gasteiger partial charge is 0.496 e. The van der Waals surface area contributed by atoms with Gasteiger partial charge >= 0.3 is 7.12 Å². The van der Waals surface area contributed by atoms with Crippen molar-refractivity contribution in [1.29, 1.82) is 0 Å². The van der Waals surface area contributed by atoms with Crippen molar-refractivity contribution in [2.24, 2.45) is 0 Å². The molecule has 0 spiro atoms. The van der Waals surface area contributed by atoms with Gasteiger partial charge in [-0.1, -0.05) is 0 Å². The van der Waals surface area contributed by atoms with Crippen LogP contribution in [0.15, 0.2) is 12.4 Å². The van der Waals surface area contributed by atoms with E-state index >= 15 is 0 Å². The molecule has 1 fully saturated rings. The Labute approximate surface area is 117 Å². The molecular weight excluding hydrogens is 267 g/mol. The molecule has 1 aromatic rings. The molecule has 7 heteroatoms. The molecule has 20 heavy (non-hydrogen) atoms. The highest BCUT2D eigenvalue weighted by atomic mass is 19.3. The van der Waals surface area contributed by atoms with Crippen LogP contribution < -0.4 is 10.2 Å². The van der Waals surface area contributed by atoms with Crippen molar-refractivity contribution in [1.82, 2.24) is 4.98 Å². The molecule has 1 aliphatic rings. The van der Waals surface area contributed by atoms with Crippen LogP contribution in [0.1, 0.15) is 39.7 Å². The number of hydrogen-bond acceptors (Lipinski definition) is 4. The lowest BCUT2D eigenvalue weighted by atomic mass is 9.78. The van der Waals surface area contributed by atoms with E-state index in [1.165, 1.54) is 13.3 Å². The van der Waals surface area contributed by atoms with Gasteiger partial charge in [0.25, 0.3) is 6.43 Å². The normalized spacial score (nSPS) is 20.5. The van der Waals surface area contributed by atoms with E-state index in [1.54, 1.807) is 0 Å². The summed E-state index contributed by atoms with van der Waals surface area (Å²) >= 11 is 0. The van der Waals surface area contributed by atoms with Crippen LogP contribution in [0.25, 0.3) is 0 Å². The van der Waals surface area contributed by atoms with Crippen molar-refractivity contribution in [2.45, 2.75) is 45.3 Å². The number of halogens is 2. The maximum atomic E-state index is 13.0. The summed E-state index contributed by atoms with van der Waals surface area (Å²) in [5.74, 6) is 0.0634. The van der Waals surface area contributed by atoms with Gasteiger partial charge in [-0.05, 0) is 27.7 Å². The van der Waals surface area contributed by atoms with Gasteiger partial charge in [-0.25, -0.2) is 8.78 Å². The van der Waals surface area contributed by atoms with E-state index in [1.807, 2.05) is 27.7 Å². The fourth-order valence-electron chi connectivity index (χ4n) is 2.01. The fourth-order valence-corrected chi connectivity index (χ4v) is 2.01. The average molecular weight is 285 g/mol. The van der Waals surface area contributed by atoms with E-state index in [-0.39, 0.29) is 11.3 Å². The molecule has 0 saturated carbocycles. The largest absolute Gasteiger partial charge is 0.500 e. The quantitative estimate of drug-likeness (QED) is 0.799. The van der Waals surface area contributed by atoms with Gasteiger partial charge in [0.05, 0.1) is 23.9 Å². The molecule has 1 saturated heterocycles. The van der Waals surface area contributed by atoms with Crippen LogP contribution >= 0.6 is 0 Å². The molecule has 0 N–H and O–H groups in total. The maximum absolute atomic E-state index is 13.0. The monoisotopic (exact) mass is 285 g/mol. The number of methoxy groups -OCH3 is 1. The van der Waals surface area contributed by atoms with Crippen LogP contribution in [0, 0.1) is 0 Å². The second-order valence-electron chi connectivity index (χ2n) is 5.74. The first-order valence-electron chi connectivity index (χ1n) is 6.35. The molecule has 110 valence electrons. The topological polar surface area (TPSA) is 40.6 Å². The lowest BCUT2D eigenvalue weighted by Crippen LogP contribution is -2.41. The zero-order valence-electron chi connectivity index (χ0n) is 12.2. The van der Waals surface area contributed by atoms with Crippen LogP contribution in [0.5, 0.6) is 5.75 Å². The predicted octanol–water partition coefficient (Wildman–Crippen LogP) is 2.33. The third kappa shape index (κ3) is 2.40. The molecule has 0 radical (unpaired) electrons. The lowest BCUT2D eigenvalue weighted by molar-refractivity contribution is 0.00578. The van der Waals surface area contributed by atoms with E-state index in [4.69, 9.17) is 14.0 Å². The van der Waals surface area contributed by atoms with Gasteiger partial charge in [-0.2, -0.15) is 0 Å². The minimum Gasteiger partial charge on any atom is -0.496 e. The first-order chi connectivity index (χ1) is 9.19. The third-order valence-corrected chi connectivity index (χ3v) is 3.90. The highest BCUT2D eigenvalue weighted by Gasteiger charge is 2.52. The Morgan fingerprint density at radius 3 is 2.15 bits per heavy atom. The summed E-state index contributed by atoms with van der Waals surface area (Å²) in [5, 5.41) is 0. The summed E-state index contributed by atoms with van der Waals surface area (Å²) in [7, 11) is 0.566. The van der Waals surface area contributed by atoms with Gasteiger partial charge in [-0.3, -0.25) is 4.98 Å². The average Bonchev–Trinajstić information content (AvgIpc) is 2.57. The third-order valence-electron chi connectivity index (χ3n) is 3.90. The fraction of sp³-hybridized carbons (Fsp3) is 0.615. The van der Waals surface area contributed by atoms with Gasteiger partial charge in [0, 0.05) is 17.9 Å². The first kappa shape index (κ1) is 15.2. The molecule has 0 aliphatic carbocycles. The van der Waals surface area contributed by atoms with Gasteiger partial charge in [-0.15, -0.1) is 0 Å². The standard InChI is InChI=1S/C13H18BF2NO3/c1-12(2)13(3,4)20-14(19-12)9-7-17-6-8(11(15)16)10(9)18-5/h6-7,11H,1-5H3. The summed E-state index contributed by atoms with van der Waals surface area (Å²) in [6, 6.07) is 0. The number of nitrogens with zero attached hydrogens (tertiary/aromatic N) is 1. The minimum absolute atomic E-state index is 0.0634. The van der Waals surface area contributed by atoms with Crippen LogP contribution in [0.2, 0.25) is 0 Å². The first-order valence-corrected chi connectivity index (χ1v) is 6.35. The number of aromatic nitrogens is 1. The van der Waals surface area contributed by atoms with Gasteiger partial charge in [0.15, 0.2) is 0 Å². The minimum atomic E-state index is -2.67. The molecule has 0 unspecified atom stereocenters. The van der Waals surface area contributed by atoms with Crippen molar-refractivity contribution in [2.75, 3.05) is 7.11 Å². The van der Waals surface area contributed by atoms with Gasteiger partial charge in [0.1, 0.15) is 5.75 Å². The van der Waals surface area contributed by atoms with Crippen LogP contribution in [0.4, 0.5) is 8.78 Å². The molecule has 4 nitrogen and oxygen atoms in total. The number of hydrogen-bond donors (Lipinski definition) is 0. The molecule has 0 aromatic carbocycles. The Kier molecular flexibility index (Phi) is 3.77. The van der Waals surface area contributed by atoms with Crippen LogP contribution in [0.3, 0.4) is 0 Å². The van der Waals surface area contributed by atoms with Crippen LogP contribution in [-0.2, 0) is 9.31 Å². The van der Waals surface area contributed by atoms with Crippen molar-refractivity contribution in [3.05, 3.63) is 18.0 Å². The SMILES string of the molecule is COc1c(B2OC(C)(C)C(C)(C)O2)cncc1C(F)F. The molecule has 0 amide bonds. The zero-order chi connectivity index (χ0) is 15.1. The number of pyridine rings is 1. The Balaban J connectivity index is 2.43. The second kappa shape index (κ2) is 4.97. The van der Waals surface area contributed by atoms with Gasteiger partial charge in [0.2, 0.25) is 0 Å². The van der Waals surface area contributed by atoms with Crippen molar-refractivity contribution in [3.63, 3.8) is 0 Å². The highest BCUT2D eigenvalue weighted by molar-refractivity contribution is 6.63. The molecule has 0 bridgehead atoms. The lowest BCUT2D eigenvalue weighted by Gasteiger charge is -2.32. The zero-order valence-corrected chi connectivity index (χ0v) is 12.2. The molecule has 1 aromatic heterocycles. The van der Waals surface area contributed by atoms with E-state index in [0.29, 0.717) is 5.46 Å². The van der Waals surface area contributed by atoms with Crippen molar-refractivity contribution in [3.8, 4) is 5.75 Å². The summed E-state index contributed by atoms with van der Waals surface area (Å²) in [6.45, 7) is 7.57. The second-order valence-corrected chi connectivity index (χ2v) is 5.74.